The molecule has 0 radical (unpaired) electrons. The lowest BCUT2D eigenvalue weighted by Crippen LogP contribution is -2.38. The minimum atomic E-state index is -4.58. The lowest BCUT2D eigenvalue weighted by molar-refractivity contribution is -0.137. The van der Waals surface area contributed by atoms with Gasteiger partial charge in [-0.1, -0.05) is 0 Å². The zero-order chi connectivity index (χ0) is 17.7. The molecule has 10 heteroatoms. The first kappa shape index (κ1) is 16.6. The fourth-order valence-electron chi connectivity index (χ4n) is 2.57. The standard InChI is InChI=1S/C14H14F3N3O3S/c1-9-13(8-19(2)18-9)24(21,22)20-5-6-23-12-4-3-10(7-11(12)20)14(15,16)17/h3-4,7-8H,5-6H2,1-2H3. The molecule has 0 saturated carbocycles. The predicted molar refractivity (Wildman–Crippen MR) is 79.4 cm³/mol. The van der Waals surface area contributed by atoms with Crippen molar-refractivity contribution in [2.24, 2.45) is 7.05 Å². The summed E-state index contributed by atoms with van der Waals surface area (Å²) in [6.45, 7) is 1.50. The molecule has 0 unspecified atom stereocenters. The molecule has 1 aromatic carbocycles. The van der Waals surface area contributed by atoms with Crippen LogP contribution in [0.15, 0.2) is 29.3 Å². The van der Waals surface area contributed by atoms with Gasteiger partial charge in [0.15, 0.2) is 0 Å². The average Bonchev–Trinajstić information content (AvgIpc) is 2.84. The fourth-order valence-corrected chi connectivity index (χ4v) is 4.22. The molecule has 0 fully saturated rings. The zero-order valence-corrected chi connectivity index (χ0v) is 13.6. The molecule has 0 spiro atoms. The average molecular weight is 361 g/mol. The van der Waals surface area contributed by atoms with Crippen LogP contribution in [0.4, 0.5) is 18.9 Å². The summed E-state index contributed by atoms with van der Waals surface area (Å²) < 4.78 is 72.2. The van der Waals surface area contributed by atoms with E-state index in [4.69, 9.17) is 4.74 Å². The van der Waals surface area contributed by atoms with Crippen LogP contribution >= 0.6 is 0 Å². The minimum absolute atomic E-state index is 0.0461. The number of hydrogen-bond donors (Lipinski definition) is 0. The van der Waals surface area contributed by atoms with Crippen molar-refractivity contribution in [3.8, 4) is 5.75 Å². The number of halogens is 3. The van der Waals surface area contributed by atoms with E-state index in [1.165, 1.54) is 17.8 Å². The van der Waals surface area contributed by atoms with E-state index >= 15 is 0 Å². The quantitative estimate of drug-likeness (QED) is 0.824. The van der Waals surface area contributed by atoms with Gasteiger partial charge in [-0.05, 0) is 25.1 Å². The van der Waals surface area contributed by atoms with Crippen LogP contribution in [0.5, 0.6) is 5.75 Å². The van der Waals surface area contributed by atoms with Gasteiger partial charge in [-0.2, -0.15) is 18.3 Å². The van der Waals surface area contributed by atoms with Gasteiger partial charge in [-0.25, -0.2) is 8.42 Å². The van der Waals surface area contributed by atoms with Gasteiger partial charge in [-0.15, -0.1) is 0 Å². The predicted octanol–water partition coefficient (Wildman–Crippen LogP) is 2.34. The first-order chi connectivity index (χ1) is 11.1. The maximum absolute atomic E-state index is 12.9. The van der Waals surface area contributed by atoms with Crippen molar-refractivity contribution >= 4 is 15.7 Å². The Morgan fingerprint density at radius 2 is 2.00 bits per heavy atom. The molecule has 0 N–H and O–H groups in total. The number of hydrogen-bond acceptors (Lipinski definition) is 4. The lowest BCUT2D eigenvalue weighted by Gasteiger charge is -2.30. The molecule has 130 valence electrons. The van der Waals surface area contributed by atoms with Crippen molar-refractivity contribution in [2.45, 2.75) is 18.0 Å². The third kappa shape index (κ3) is 2.70. The second kappa shape index (κ2) is 5.40. The summed E-state index contributed by atoms with van der Waals surface area (Å²) in [6.07, 6.45) is -3.25. The summed E-state index contributed by atoms with van der Waals surface area (Å²) in [5, 5.41) is 3.98. The molecule has 0 saturated heterocycles. The third-order valence-electron chi connectivity index (χ3n) is 3.64. The molecule has 2 heterocycles. The van der Waals surface area contributed by atoms with Gasteiger partial charge in [-0.3, -0.25) is 8.99 Å². The summed E-state index contributed by atoms with van der Waals surface area (Å²) in [5.74, 6) is 0.0966. The van der Waals surface area contributed by atoms with Crippen LogP contribution < -0.4 is 9.04 Å². The minimum Gasteiger partial charge on any atom is -0.489 e. The highest BCUT2D eigenvalue weighted by Gasteiger charge is 2.36. The molecule has 0 aliphatic carbocycles. The van der Waals surface area contributed by atoms with Gasteiger partial charge in [0, 0.05) is 13.2 Å². The second-order valence-electron chi connectivity index (χ2n) is 5.36. The Morgan fingerprint density at radius 1 is 1.29 bits per heavy atom. The van der Waals surface area contributed by atoms with Crippen molar-refractivity contribution in [3.63, 3.8) is 0 Å². The molecule has 1 aliphatic rings. The number of anilines is 1. The van der Waals surface area contributed by atoms with Gasteiger partial charge >= 0.3 is 6.18 Å². The topological polar surface area (TPSA) is 64.4 Å². The summed E-state index contributed by atoms with van der Waals surface area (Å²) >= 11 is 0. The van der Waals surface area contributed by atoms with E-state index in [1.54, 1.807) is 7.05 Å². The molecular formula is C14H14F3N3O3S. The van der Waals surface area contributed by atoms with Gasteiger partial charge < -0.3 is 4.74 Å². The SMILES string of the molecule is Cc1nn(C)cc1S(=O)(=O)N1CCOc2ccc(C(F)(F)F)cc21. The Kier molecular flexibility index (Phi) is 3.74. The Bertz CT molecular complexity index is 890. The fraction of sp³-hybridized carbons (Fsp3) is 0.357. The number of sulfonamides is 1. The van der Waals surface area contributed by atoms with Crippen LogP contribution in [0.25, 0.3) is 0 Å². The Morgan fingerprint density at radius 3 is 2.58 bits per heavy atom. The smallest absolute Gasteiger partial charge is 0.416 e. The molecule has 1 aliphatic heterocycles. The molecular weight excluding hydrogens is 347 g/mol. The highest BCUT2D eigenvalue weighted by molar-refractivity contribution is 7.92. The molecule has 24 heavy (non-hydrogen) atoms. The van der Waals surface area contributed by atoms with E-state index in [2.05, 4.69) is 5.10 Å². The molecule has 0 bridgehead atoms. The number of nitrogens with zero attached hydrogens (tertiary/aromatic N) is 3. The number of alkyl halides is 3. The number of aryl methyl sites for hydroxylation is 2. The summed E-state index contributed by atoms with van der Waals surface area (Å²) in [7, 11) is -2.47. The molecule has 3 rings (SSSR count). The number of rotatable bonds is 2. The van der Waals surface area contributed by atoms with Gasteiger partial charge in [0.2, 0.25) is 0 Å². The van der Waals surface area contributed by atoms with Crippen molar-refractivity contribution < 1.29 is 26.3 Å². The van der Waals surface area contributed by atoms with Crippen molar-refractivity contribution in [1.82, 2.24) is 9.78 Å². The summed E-state index contributed by atoms with van der Waals surface area (Å²) in [6, 6.07) is 2.79. The largest absolute Gasteiger partial charge is 0.489 e. The maximum Gasteiger partial charge on any atom is 0.416 e. The van der Waals surface area contributed by atoms with E-state index in [-0.39, 0.29) is 35.2 Å². The molecule has 6 nitrogen and oxygen atoms in total. The van der Waals surface area contributed by atoms with Crippen LogP contribution in [-0.4, -0.2) is 31.3 Å². The van der Waals surface area contributed by atoms with E-state index in [0.29, 0.717) is 0 Å². The van der Waals surface area contributed by atoms with Crippen LogP contribution in [-0.2, 0) is 23.2 Å². The van der Waals surface area contributed by atoms with Crippen LogP contribution in [0.3, 0.4) is 0 Å². The lowest BCUT2D eigenvalue weighted by atomic mass is 10.1. The van der Waals surface area contributed by atoms with E-state index in [1.807, 2.05) is 0 Å². The van der Waals surface area contributed by atoms with Crippen molar-refractivity contribution in [3.05, 3.63) is 35.7 Å². The van der Waals surface area contributed by atoms with Crippen molar-refractivity contribution in [2.75, 3.05) is 17.5 Å². The molecule has 1 aromatic heterocycles. The van der Waals surface area contributed by atoms with Crippen LogP contribution in [0.2, 0.25) is 0 Å². The first-order valence-corrected chi connectivity index (χ1v) is 8.42. The number of ether oxygens (including phenoxy) is 1. The van der Waals surface area contributed by atoms with Gasteiger partial charge in [0.05, 0.1) is 23.5 Å². The molecule has 0 amide bonds. The molecule has 2 aromatic rings. The molecule has 0 atom stereocenters. The highest BCUT2D eigenvalue weighted by atomic mass is 32.2. The number of fused-ring (bicyclic) bond motifs is 1. The Hall–Kier alpha value is -2.23. The number of benzene rings is 1. The van der Waals surface area contributed by atoms with Crippen LogP contribution in [0, 0.1) is 6.92 Å². The maximum atomic E-state index is 12.9. The van der Waals surface area contributed by atoms with Gasteiger partial charge in [0.1, 0.15) is 17.3 Å². The Balaban J connectivity index is 2.13. The van der Waals surface area contributed by atoms with E-state index in [0.717, 1.165) is 22.5 Å². The zero-order valence-electron chi connectivity index (χ0n) is 12.8. The monoisotopic (exact) mass is 361 g/mol. The number of aromatic nitrogens is 2. The highest BCUT2D eigenvalue weighted by Crippen LogP contribution is 2.40. The van der Waals surface area contributed by atoms with Crippen LogP contribution in [0.1, 0.15) is 11.3 Å². The van der Waals surface area contributed by atoms with Gasteiger partial charge in [0.25, 0.3) is 10.0 Å². The summed E-state index contributed by atoms with van der Waals surface area (Å²) in [5.41, 5.74) is -0.785. The third-order valence-corrected chi connectivity index (χ3v) is 5.56. The summed E-state index contributed by atoms with van der Waals surface area (Å²) in [4.78, 5) is -0.0461. The van der Waals surface area contributed by atoms with E-state index < -0.39 is 21.8 Å². The normalized spacial score (nSPS) is 15.1. The second-order valence-corrected chi connectivity index (χ2v) is 7.19. The van der Waals surface area contributed by atoms with Crippen molar-refractivity contribution in [1.29, 1.82) is 0 Å². The Labute approximate surface area is 136 Å². The first-order valence-electron chi connectivity index (χ1n) is 6.98. The van der Waals surface area contributed by atoms with E-state index in [9.17, 15) is 21.6 Å².